The second kappa shape index (κ2) is 5.77. The van der Waals surface area contributed by atoms with Crippen molar-refractivity contribution in [3.8, 4) is 0 Å². The van der Waals surface area contributed by atoms with Gasteiger partial charge in [-0.3, -0.25) is 4.90 Å². The standard InChI is InChI=1S/C16H19NO2/c1-4-14(10-13-8-6-5-7-9-13)17-15(12(2)3)11-19-16(17)18/h5-9,12,15H,1,10-11H2,2-3H3/t15-/m1/s1. The number of hydrogen-bond donors (Lipinski definition) is 0. The fourth-order valence-corrected chi connectivity index (χ4v) is 2.26. The molecule has 1 amide bonds. The molecule has 1 fully saturated rings. The SMILES string of the molecule is C=C=C(Cc1ccccc1)N1C(=O)OC[C@@H]1C(C)C. The van der Waals surface area contributed by atoms with E-state index in [1.54, 1.807) is 4.90 Å². The van der Waals surface area contributed by atoms with Crippen molar-refractivity contribution >= 4 is 6.09 Å². The molecule has 0 bridgehead atoms. The molecule has 0 N–H and O–H groups in total. The maximum absolute atomic E-state index is 11.9. The van der Waals surface area contributed by atoms with Crippen LogP contribution in [0.2, 0.25) is 0 Å². The van der Waals surface area contributed by atoms with Crippen molar-refractivity contribution in [2.24, 2.45) is 5.92 Å². The Morgan fingerprint density at radius 3 is 2.74 bits per heavy atom. The first-order valence-electron chi connectivity index (χ1n) is 6.52. The molecule has 19 heavy (non-hydrogen) atoms. The van der Waals surface area contributed by atoms with Gasteiger partial charge in [0.25, 0.3) is 0 Å². The van der Waals surface area contributed by atoms with Gasteiger partial charge in [0.2, 0.25) is 0 Å². The molecule has 1 aromatic rings. The number of nitrogens with zero attached hydrogens (tertiary/aromatic N) is 1. The number of carbonyl (C=O) groups is 1. The molecule has 1 atom stereocenters. The number of allylic oxidation sites excluding steroid dienone is 1. The number of benzene rings is 1. The minimum absolute atomic E-state index is 0.0699. The molecule has 100 valence electrons. The third-order valence-corrected chi connectivity index (χ3v) is 3.38. The van der Waals surface area contributed by atoms with Crippen molar-refractivity contribution in [1.82, 2.24) is 4.90 Å². The molecule has 0 radical (unpaired) electrons. The first kappa shape index (κ1) is 13.4. The van der Waals surface area contributed by atoms with Crippen molar-refractivity contribution in [3.63, 3.8) is 0 Å². The van der Waals surface area contributed by atoms with E-state index in [-0.39, 0.29) is 12.1 Å². The first-order valence-corrected chi connectivity index (χ1v) is 6.52. The number of ether oxygens (including phenoxy) is 1. The van der Waals surface area contributed by atoms with Crippen molar-refractivity contribution in [1.29, 1.82) is 0 Å². The van der Waals surface area contributed by atoms with Gasteiger partial charge in [-0.25, -0.2) is 4.79 Å². The van der Waals surface area contributed by atoms with Gasteiger partial charge in [-0.2, -0.15) is 0 Å². The molecule has 0 unspecified atom stereocenters. The fraction of sp³-hybridized carbons (Fsp3) is 0.375. The molecule has 3 heteroatoms. The summed E-state index contributed by atoms with van der Waals surface area (Å²) < 4.78 is 5.16. The lowest BCUT2D eigenvalue weighted by atomic mass is 10.0. The van der Waals surface area contributed by atoms with E-state index in [1.165, 1.54) is 0 Å². The van der Waals surface area contributed by atoms with Crippen LogP contribution < -0.4 is 0 Å². The summed E-state index contributed by atoms with van der Waals surface area (Å²) in [6.45, 7) is 8.33. The quantitative estimate of drug-likeness (QED) is 0.774. The molecule has 0 saturated carbocycles. The molecule has 2 rings (SSSR count). The van der Waals surface area contributed by atoms with Crippen molar-refractivity contribution < 1.29 is 9.53 Å². The van der Waals surface area contributed by atoms with E-state index in [0.29, 0.717) is 18.9 Å². The zero-order chi connectivity index (χ0) is 13.8. The van der Waals surface area contributed by atoms with Crippen LogP contribution in [-0.2, 0) is 11.2 Å². The number of rotatable bonds is 4. The van der Waals surface area contributed by atoms with Gasteiger partial charge >= 0.3 is 6.09 Å². The number of carbonyl (C=O) groups excluding carboxylic acids is 1. The van der Waals surface area contributed by atoms with Crippen molar-refractivity contribution in [2.45, 2.75) is 26.3 Å². The van der Waals surface area contributed by atoms with E-state index >= 15 is 0 Å². The van der Waals surface area contributed by atoms with Gasteiger partial charge in [-0.1, -0.05) is 50.8 Å². The van der Waals surface area contributed by atoms with E-state index in [2.05, 4.69) is 26.2 Å². The summed E-state index contributed by atoms with van der Waals surface area (Å²) in [7, 11) is 0. The Labute approximate surface area is 114 Å². The molecule has 0 aliphatic carbocycles. The van der Waals surface area contributed by atoms with E-state index < -0.39 is 0 Å². The molecular weight excluding hydrogens is 238 g/mol. The lowest BCUT2D eigenvalue weighted by Crippen LogP contribution is -2.36. The fourth-order valence-electron chi connectivity index (χ4n) is 2.26. The highest BCUT2D eigenvalue weighted by Crippen LogP contribution is 2.25. The Bertz CT molecular complexity index is 501. The van der Waals surface area contributed by atoms with Crippen LogP contribution in [-0.4, -0.2) is 23.6 Å². The monoisotopic (exact) mass is 257 g/mol. The lowest BCUT2D eigenvalue weighted by Gasteiger charge is -2.25. The minimum atomic E-state index is -0.291. The molecule has 3 nitrogen and oxygen atoms in total. The largest absolute Gasteiger partial charge is 0.447 e. The molecule has 0 spiro atoms. The molecular formula is C16H19NO2. The van der Waals surface area contributed by atoms with E-state index in [1.807, 2.05) is 30.3 Å². The van der Waals surface area contributed by atoms with Gasteiger partial charge in [0.1, 0.15) is 6.61 Å². The predicted octanol–water partition coefficient (Wildman–Crippen LogP) is 3.37. The van der Waals surface area contributed by atoms with Gasteiger partial charge in [-0.05, 0) is 11.5 Å². The van der Waals surface area contributed by atoms with E-state index in [0.717, 1.165) is 11.3 Å². The van der Waals surface area contributed by atoms with Gasteiger partial charge in [0.05, 0.1) is 11.7 Å². The summed E-state index contributed by atoms with van der Waals surface area (Å²) in [6, 6.07) is 10.1. The Kier molecular flexibility index (Phi) is 4.08. The average molecular weight is 257 g/mol. The molecule has 1 aliphatic rings. The molecule has 1 heterocycles. The van der Waals surface area contributed by atoms with Gasteiger partial charge in [0, 0.05) is 6.42 Å². The topological polar surface area (TPSA) is 29.5 Å². The second-order valence-corrected chi connectivity index (χ2v) is 5.04. The Morgan fingerprint density at radius 2 is 2.16 bits per heavy atom. The summed E-state index contributed by atoms with van der Waals surface area (Å²) >= 11 is 0. The highest BCUT2D eigenvalue weighted by atomic mass is 16.6. The Balaban J connectivity index is 2.22. The normalized spacial score (nSPS) is 18.4. The third kappa shape index (κ3) is 2.88. The summed E-state index contributed by atoms with van der Waals surface area (Å²) in [5.41, 5.74) is 4.82. The van der Waals surface area contributed by atoms with Crippen LogP contribution in [0.4, 0.5) is 4.79 Å². The predicted molar refractivity (Wildman–Crippen MR) is 74.6 cm³/mol. The third-order valence-electron chi connectivity index (χ3n) is 3.38. The van der Waals surface area contributed by atoms with Gasteiger partial charge in [-0.15, -0.1) is 5.73 Å². The van der Waals surface area contributed by atoms with Crippen molar-refractivity contribution in [2.75, 3.05) is 6.61 Å². The van der Waals surface area contributed by atoms with Crippen LogP contribution in [0.3, 0.4) is 0 Å². The summed E-state index contributed by atoms with van der Waals surface area (Å²) in [5.74, 6) is 0.338. The zero-order valence-corrected chi connectivity index (χ0v) is 11.4. The zero-order valence-electron chi connectivity index (χ0n) is 11.4. The lowest BCUT2D eigenvalue weighted by molar-refractivity contribution is 0.164. The molecule has 1 aromatic carbocycles. The highest BCUT2D eigenvalue weighted by Gasteiger charge is 2.37. The number of hydrogen-bond acceptors (Lipinski definition) is 2. The van der Waals surface area contributed by atoms with Crippen LogP contribution >= 0.6 is 0 Å². The molecule has 1 saturated heterocycles. The number of amides is 1. The maximum Gasteiger partial charge on any atom is 0.414 e. The van der Waals surface area contributed by atoms with E-state index in [4.69, 9.17) is 4.74 Å². The van der Waals surface area contributed by atoms with Crippen LogP contribution in [0.5, 0.6) is 0 Å². The van der Waals surface area contributed by atoms with E-state index in [9.17, 15) is 4.79 Å². The number of cyclic esters (lactones) is 1. The minimum Gasteiger partial charge on any atom is -0.447 e. The van der Waals surface area contributed by atoms with Gasteiger partial charge in [0.15, 0.2) is 0 Å². The first-order chi connectivity index (χ1) is 9.13. The Hall–Kier alpha value is -1.99. The van der Waals surface area contributed by atoms with Crippen LogP contribution in [0.1, 0.15) is 19.4 Å². The molecule has 0 aromatic heterocycles. The average Bonchev–Trinajstić information content (AvgIpc) is 2.79. The molecule has 1 aliphatic heterocycles. The Morgan fingerprint density at radius 1 is 1.47 bits per heavy atom. The van der Waals surface area contributed by atoms with Crippen LogP contribution in [0, 0.1) is 5.92 Å². The maximum atomic E-state index is 11.9. The smallest absolute Gasteiger partial charge is 0.414 e. The van der Waals surface area contributed by atoms with Gasteiger partial charge < -0.3 is 4.74 Å². The summed E-state index contributed by atoms with van der Waals surface area (Å²) in [6.07, 6.45) is 0.351. The summed E-state index contributed by atoms with van der Waals surface area (Å²) in [5, 5.41) is 0. The second-order valence-electron chi connectivity index (χ2n) is 5.04. The van der Waals surface area contributed by atoms with Crippen LogP contribution in [0.15, 0.2) is 48.3 Å². The highest BCUT2D eigenvalue weighted by molar-refractivity contribution is 5.72. The van der Waals surface area contributed by atoms with Crippen molar-refractivity contribution in [3.05, 3.63) is 53.9 Å². The summed E-state index contributed by atoms with van der Waals surface area (Å²) in [4.78, 5) is 13.6. The van der Waals surface area contributed by atoms with Crippen LogP contribution in [0.25, 0.3) is 0 Å².